The summed E-state index contributed by atoms with van der Waals surface area (Å²) in [7, 11) is 0. The van der Waals surface area contributed by atoms with Gasteiger partial charge in [0.15, 0.2) is 6.10 Å². The highest BCUT2D eigenvalue weighted by Crippen LogP contribution is 2.31. The van der Waals surface area contributed by atoms with Crippen molar-refractivity contribution in [3.63, 3.8) is 0 Å². The van der Waals surface area contributed by atoms with Crippen LogP contribution in [0.25, 0.3) is 11.0 Å². The first kappa shape index (κ1) is 16.8. The summed E-state index contributed by atoms with van der Waals surface area (Å²) in [6.07, 6.45) is -0.564. The molecule has 0 amide bonds. The zero-order valence-corrected chi connectivity index (χ0v) is 13.9. The molecule has 3 rings (SSSR count). The molecule has 0 N–H and O–H groups in total. The van der Waals surface area contributed by atoms with Gasteiger partial charge in [-0.3, -0.25) is 0 Å². The third-order valence-electron chi connectivity index (χ3n) is 4.14. The summed E-state index contributed by atoms with van der Waals surface area (Å²) in [5.41, 5.74) is 1.90. The zero-order chi connectivity index (χ0) is 18.0. The second-order valence-corrected chi connectivity index (χ2v) is 5.74. The van der Waals surface area contributed by atoms with Gasteiger partial charge in [0.1, 0.15) is 11.3 Å². The monoisotopic (exact) mass is 337 g/mol. The van der Waals surface area contributed by atoms with Gasteiger partial charge in [-0.1, -0.05) is 37.3 Å². The van der Waals surface area contributed by atoms with Crippen molar-refractivity contribution in [3.8, 4) is 5.75 Å². The molecule has 128 valence electrons. The normalized spacial score (nSPS) is 12.1. The molecule has 2 aromatic carbocycles. The fourth-order valence-corrected chi connectivity index (χ4v) is 2.84. The fraction of sp³-hybridized carbons (Fsp3) is 0.200. The highest BCUT2D eigenvalue weighted by molar-refractivity contribution is 5.85. The average molecular weight is 337 g/mol. The van der Waals surface area contributed by atoms with Gasteiger partial charge in [-0.05, 0) is 36.6 Å². The summed E-state index contributed by atoms with van der Waals surface area (Å²) in [6.45, 7) is 3.69. The molecule has 0 spiro atoms. The lowest BCUT2D eigenvalue weighted by atomic mass is 10.0. The number of hydrogen-bond acceptors (Lipinski definition) is 5. The molecule has 5 nitrogen and oxygen atoms in total. The molecule has 0 fully saturated rings. The van der Waals surface area contributed by atoms with Crippen LogP contribution < -0.4 is 15.5 Å². The highest BCUT2D eigenvalue weighted by Gasteiger charge is 2.18. The predicted molar refractivity (Wildman–Crippen MR) is 91.4 cm³/mol. The second kappa shape index (κ2) is 6.81. The highest BCUT2D eigenvalue weighted by atomic mass is 16.5. The van der Waals surface area contributed by atoms with E-state index in [2.05, 4.69) is 0 Å². The topological polar surface area (TPSA) is 79.6 Å². The Kier molecular flexibility index (Phi) is 4.57. The standard InChI is InChI=1S/C20H18O5/c1-3-13-11-17(21)25-18-12(2)16(10-9-15(13)18)24-19(20(22)23)14-7-5-4-6-8-14/h4-11,19H,3H2,1-2H3,(H,22,23)/p-1/t19-/m0/s1. The van der Waals surface area contributed by atoms with Gasteiger partial charge in [0, 0.05) is 17.0 Å². The first-order chi connectivity index (χ1) is 12.0. The van der Waals surface area contributed by atoms with E-state index in [9.17, 15) is 14.7 Å². The van der Waals surface area contributed by atoms with Gasteiger partial charge in [0.2, 0.25) is 0 Å². The maximum absolute atomic E-state index is 11.8. The van der Waals surface area contributed by atoms with Gasteiger partial charge in [-0.2, -0.15) is 0 Å². The third-order valence-corrected chi connectivity index (χ3v) is 4.14. The Hall–Kier alpha value is -3.08. The number of carbonyl (C=O) groups is 1. The molecule has 0 bridgehead atoms. The maximum Gasteiger partial charge on any atom is 0.336 e. The van der Waals surface area contributed by atoms with Crippen LogP contribution in [0.3, 0.4) is 0 Å². The molecular weight excluding hydrogens is 320 g/mol. The Labute approximate surface area is 144 Å². The molecule has 0 aliphatic rings. The molecule has 0 aliphatic heterocycles. The predicted octanol–water partition coefficient (Wildman–Crippen LogP) is 2.53. The van der Waals surface area contributed by atoms with E-state index < -0.39 is 17.7 Å². The Morgan fingerprint density at radius 1 is 1.20 bits per heavy atom. The number of aryl methyl sites for hydroxylation is 2. The van der Waals surface area contributed by atoms with Crippen molar-refractivity contribution in [2.75, 3.05) is 0 Å². The first-order valence-corrected chi connectivity index (χ1v) is 8.00. The quantitative estimate of drug-likeness (QED) is 0.669. The van der Waals surface area contributed by atoms with E-state index >= 15 is 0 Å². The number of ether oxygens (including phenoxy) is 1. The molecular formula is C20H17O5-. The number of carboxylic acids is 1. The van der Waals surface area contributed by atoms with Crippen LogP contribution in [0.15, 0.2) is 57.7 Å². The van der Waals surface area contributed by atoms with Crippen molar-refractivity contribution in [1.29, 1.82) is 0 Å². The van der Waals surface area contributed by atoms with Crippen molar-refractivity contribution in [1.82, 2.24) is 0 Å². The summed E-state index contributed by atoms with van der Waals surface area (Å²) < 4.78 is 11.0. The van der Waals surface area contributed by atoms with Crippen molar-refractivity contribution in [2.45, 2.75) is 26.4 Å². The lowest BCUT2D eigenvalue weighted by Gasteiger charge is -2.22. The van der Waals surface area contributed by atoms with Gasteiger partial charge in [0.25, 0.3) is 0 Å². The van der Waals surface area contributed by atoms with Gasteiger partial charge in [-0.15, -0.1) is 0 Å². The molecule has 1 atom stereocenters. The van der Waals surface area contributed by atoms with Gasteiger partial charge in [-0.25, -0.2) is 4.79 Å². The minimum Gasteiger partial charge on any atom is -0.546 e. The van der Waals surface area contributed by atoms with Crippen molar-refractivity contribution in [2.24, 2.45) is 0 Å². The molecule has 0 saturated carbocycles. The van der Waals surface area contributed by atoms with Crippen LogP contribution in [0.4, 0.5) is 0 Å². The third kappa shape index (κ3) is 3.26. The molecule has 0 radical (unpaired) electrons. The second-order valence-electron chi connectivity index (χ2n) is 5.74. The molecule has 1 heterocycles. The Morgan fingerprint density at radius 2 is 1.92 bits per heavy atom. The molecule has 25 heavy (non-hydrogen) atoms. The van der Waals surface area contributed by atoms with Crippen LogP contribution in [-0.4, -0.2) is 5.97 Å². The number of aliphatic carboxylic acids is 1. The largest absolute Gasteiger partial charge is 0.546 e. The van der Waals surface area contributed by atoms with Gasteiger partial charge in [0.05, 0.1) is 5.97 Å². The zero-order valence-electron chi connectivity index (χ0n) is 13.9. The molecule has 5 heteroatoms. The van der Waals surface area contributed by atoms with Crippen LogP contribution >= 0.6 is 0 Å². The average Bonchev–Trinajstić information content (AvgIpc) is 2.61. The van der Waals surface area contributed by atoms with Crippen molar-refractivity contribution in [3.05, 3.63) is 75.6 Å². The van der Waals surface area contributed by atoms with E-state index in [1.54, 1.807) is 49.4 Å². The SMILES string of the molecule is CCc1cc(=O)oc2c(C)c(O[C@H](C(=O)[O-])c3ccccc3)ccc12. The van der Waals surface area contributed by atoms with Crippen LogP contribution in [0.1, 0.15) is 29.7 Å². The first-order valence-electron chi connectivity index (χ1n) is 8.00. The smallest absolute Gasteiger partial charge is 0.336 e. The van der Waals surface area contributed by atoms with Gasteiger partial charge < -0.3 is 19.1 Å². The summed E-state index contributed by atoms with van der Waals surface area (Å²) in [5, 5.41) is 12.3. The van der Waals surface area contributed by atoms with Gasteiger partial charge >= 0.3 is 5.63 Å². The lowest BCUT2D eigenvalue weighted by molar-refractivity contribution is -0.314. The molecule has 0 saturated heterocycles. The van der Waals surface area contributed by atoms with E-state index in [0.29, 0.717) is 28.9 Å². The van der Waals surface area contributed by atoms with Crippen LogP contribution in [0.5, 0.6) is 5.75 Å². The number of benzene rings is 2. The number of fused-ring (bicyclic) bond motifs is 1. The van der Waals surface area contributed by atoms with Crippen LogP contribution in [-0.2, 0) is 11.2 Å². The lowest BCUT2D eigenvalue weighted by Crippen LogP contribution is -2.33. The Bertz CT molecular complexity index is 973. The molecule has 0 aliphatic carbocycles. The van der Waals surface area contributed by atoms with E-state index in [1.165, 1.54) is 6.07 Å². The Balaban J connectivity index is 2.08. The van der Waals surface area contributed by atoms with Crippen molar-refractivity contribution < 1.29 is 19.1 Å². The van der Waals surface area contributed by atoms with E-state index in [1.807, 2.05) is 6.92 Å². The number of rotatable bonds is 5. The van der Waals surface area contributed by atoms with E-state index in [4.69, 9.17) is 9.15 Å². The summed E-state index contributed by atoms with van der Waals surface area (Å²) >= 11 is 0. The van der Waals surface area contributed by atoms with Crippen LogP contribution in [0, 0.1) is 6.92 Å². The number of carboxylic acid groups (broad SMARTS) is 1. The summed E-state index contributed by atoms with van der Waals surface area (Å²) in [5.74, 6) is -1.00. The minimum absolute atomic E-state index is 0.335. The molecule has 1 aromatic heterocycles. The van der Waals surface area contributed by atoms with Crippen molar-refractivity contribution >= 4 is 16.9 Å². The Morgan fingerprint density at radius 3 is 2.56 bits per heavy atom. The van der Waals surface area contributed by atoms with Crippen LogP contribution in [0.2, 0.25) is 0 Å². The number of carbonyl (C=O) groups excluding carboxylic acids is 1. The molecule has 3 aromatic rings. The molecule has 0 unspecified atom stereocenters. The number of hydrogen-bond donors (Lipinski definition) is 0. The minimum atomic E-state index is -1.34. The maximum atomic E-state index is 11.8. The van der Waals surface area contributed by atoms with E-state index in [0.717, 1.165) is 10.9 Å². The van der Waals surface area contributed by atoms with E-state index in [-0.39, 0.29) is 0 Å². The summed E-state index contributed by atoms with van der Waals surface area (Å²) in [4.78, 5) is 23.3. The fourth-order valence-electron chi connectivity index (χ4n) is 2.84. The summed E-state index contributed by atoms with van der Waals surface area (Å²) in [6, 6.07) is 13.5.